The Balaban J connectivity index is 1.90. The highest BCUT2D eigenvalue weighted by atomic mass is 16.3. The Hall–Kier alpha value is -2.41. The molecule has 1 amide bonds. The first kappa shape index (κ1) is 12.1. The molecule has 0 aliphatic heterocycles. The molecule has 7 nitrogen and oxygen atoms in total. The third kappa shape index (κ3) is 2.83. The van der Waals surface area contributed by atoms with E-state index >= 15 is 0 Å². The van der Waals surface area contributed by atoms with Gasteiger partial charge in [-0.1, -0.05) is 30.3 Å². The first-order chi connectivity index (χ1) is 8.66. The summed E-state index contributed by atoms with van der Waals surface area (Å²) in [5.41, 5.74) is 6.01. The lowest BCUT2D eigenvalue weighted by Gasteiger charge is -2.11. The average Bonchev–Trinajstić information content (AvgIpc) is 2.83. The molecule has 0 bridgehead atoms. The van der Waals surface area contributed by atoms with Gasteiger partial charge in [-0.25, -0.2) is 0 Å². The number of rotatable bonds is 4. The van der Waals surface area contributed by atoms with Crippen molar-refractivity contribution >= 4 is 11.9 Å². The summed E-state index contributed by atoms with van der Waals surface area (Å²) >= 11 is 0. The van der Waals surface area contributed by atoms with Crippen LogP contribution in [0.3, 0.4) is 0 Å². The second kappa shape index (κ2) is 5.28. The Kier molecular flexibility index (Phi) is 3.54. The number of aliphatic hydroxyl groups excluding tert-OH is 1. The number of nitrogens with zero attached hydrogens (tertiary/aromatic N) is 2. The van der Waals surface area contributed by atoms with Crippen molar-refractivity contribution < 1.29 is 9.90 Å². The van der Waals surface area contributed by atoms with Crippen LogP contribution in [0.25, 0.3) is 0 Å². The first-order valence-corrected chi connectivity index (χ1v) is 5.36. The number of aliphatic hydroxyl groups is 1. The topological polar surface area (TPSA) is 117 Å². The van der Waals surface area contributed by atoms with Gasteiger partial charge >= 0.3 is 0 Å². The van der Waals surface area contributed by atoms with Crippen LogP contribution >= 0.6 is 0 Å². The molecule has 0 aliphatic rings. The third-order valence-corrected chi connectivity index (χ3v) is 2.36. The van der Waals surface area contributed by atoms with E-state index in [1.807, 2.05) is 18.2 Å². The van der Waals surface area contributed by atoms with Crippen molar-refractivity contribution in [2.45, 2.75) is 6.10 Å². The molecular formula is C11H13N5O2. The SMILES string of the molecule is Nc1n[nH]c(C(=O)NCC(O)c2ccccc2)n1. The van der Waals surface area contributed by atoms with E-state index in [0.29, 0.717) is 0 Å². The summed E-state index contributed by atoms with van der Waals surface area (Å²) in [6.07, 6.45) is -0.768. The Morgan fingerprint density at radius 1 is 1.44 bits per heavy atom. The van der Waals surface area contributed by atoms with Crippen molar-refractivity contribution in [1.82, 2.24) is 20.5 Å². The molecule has 1 atom stereocenters. The van der Waals surface area contributed by atoms with Gasteiger partial charge in [0.25, 0.3) is 5.91 Å². The van der Waals surface area contributed by atoms with Crippen LogP contribution in [0.5, 0.6) is 0 Å². The molecule has 0 aliphatic carbocycles. The van der Waals surface area contributed by atoms with Crippen LogP contribution in [-0.2, 0) is 0 Å². The standard InChI is InChI=1S/C11H13N5O2/c12-11-14-9(15-16-11)10(18)13-6-8(17)7-4-2-1-3-5-7/h1-5,8,17H,6H2,(H,13,18)(H3,12,14,15,16). The number of carbonyl (C=O) groups is 1. The zero-order valence-corrected chi connectivity index (χ0v) is 9.50. The third-order valence-electron chi connectivity index (χ3n) is 2.36. The van der Waals surface area contributed by atoms with Gasteiger partial charge in [-0.3, -0.25) is 9.89 Å². The fourth-order valence-corrected chi connectivity index (χ4v) is 1.44. The van der Waals surface area contributed by atoms with Crippen LogP contribution in [0.1, 0.15) is 22.3 Å². The quantitative estimate of drug-likeness (QED) is 0.599. The zero-order chi connectivity index (χ0) is 13.0. The minimum absolute atomic E-state index is 0.00348. The number of benzene rings is 1. The molecule has 94 valence electrons. The maximum Gasteiger partial charge on any atom is 0.288 e. The smallest absolute Gasteiger partial charge is 0.288 e. The fourth-order valence-electron chi connectivity index (χ4n) is 1.44. The van der Waals surface area contributed by atoms with E-state index in [0.717, 1.165) is 5.56 Å². The van der Waals surface area contributed by atoms with Crippen molar-refractivity contribution in [1.29, 1.82) is 0 Å². The van der Waals surface area contributed by atoms with Gasteiger partial charge in [0.2, 0.25) is 11.8 Å². The molecular weight excluding hydrogens is 234 g/mol. The molecule has 0 spiro atoms. The summed E-state index contributed by atoms with van der Waals surface area (Å²) < 4.78 is 0. The number of anilines is 1. The molecule has 0 fully saturated rings. The van der Waals surface area contributed by atoms with E-state index in [9.17, 15) is 9.90 Å². The highest BCUT2D eigenvalue weighted by Gasteiger charge is 2.13. The lowest BCUT2D eigenvalue weighted by atomic mass is 10.1. The van der Waals surface area contributed by atoms with Gasteiger partial charge in [0, 0.05) is 6.54 Å². The summed E-state index contributed by atoms with van der Waals surface area (Å²) in [7, 11) is 0. The maximum absolute atomic E-state index is 11.6. The molecule has 2 rings (SSSR count). The normalized spacial score (nSPS) is 12.1. The van der Waals surface area contributed by atoms with Crippen molar-refractivity contribution in [3.63, 3.8) is 0 Å². The van der Waals surface area contributed by atoms with Gasteiger partial charge in [-0.05, 0) is 5.56 Å². The second-order valence-corrected chi connectivity index (χ2v) is 3.68. The fraction of sp³-hybridized carbons (Fsp3) is 0.182. The minimum Gasteiger partial charge on any atom is -0.387 e. The Morgan fingerprint density at radius 2 is 2.17 bits per heavy atom. The van der Waals surface area contributed by atoms with E-state index in [-0.39, 0.29) is 18.3 Å². The summed E-state index contributed by atoms with van der Waals surface area (Å²) in [5.74, 6) is -0.439. The number of amides is 1. The number of nitrogens with one attached hydrogen (secondary N) is 2. The van der Waals surface area contributed by atoms with Gasteiger partial charge < -0.3 is 16.2 Å². The number of hydrogen-bond donors (Lipinski definition) is 4. The van der Waals surface area contributed by atoms with Crippen LogP contribution < -0.4 is 11.1 Å². The Bertz CT molecular complexity index is 525. The average molecular weight is 247 g/mol. The van der Waals surface area contributed by atoms with E-state index in [1.54, 1.807) is 12.1 Å². The number of aromatic nitrogens is 3. The van der Waals surface area contributed by atoms with E-state index in [1.165, 1.54) is 0 Å². The highest BCUT2D eigenvalue weighted by Crippen LogP contribution is 2.10. The van der Waals surface area contributed by atoms with E-state index < -0.39 is 12.0 Å². The molecule has 0 radical (unpaired) electrons. The Labute approximate surface area is 103 Å². The van der Waals surface area contributed by atoms with Gasteiger partial charge in [0.1, 0.15) is 0 Å². The number of nitrogen functional groups attached to an aromatic ring is 1. The molecule has 2 aromatic rings. The van der Waals surface area contributed by atoms with Crippen molar-refractivity contribution in [3.8, 4) is 0 Å². The molecule has 0 saturated heterocycles. The van der Waals surface area contributed by atoms with Crippen LogP contribution in [0.15, 0.2) is 30.3 Å². The lowest BCUT2D eigenvalue weighted by molar-refractivity contribution is 0.0906. The van der Waals surface area contributed by atoms with Gasteiger partial charge in [0.15, 0.2) is 0 Å². The summed E-state index contributed by atoms with van der Waals surface area (Å²) in [5, 5.41) is 18.3. The van der Waals surface area contributed by atoms with Gasteiger partial charge in [-0.2, -0.15) is 4.98 Å². The zero-order valence-electron chi connectivity index (χ0n) is 9.50. The molecule has 5 N–H and O–H groups in total. The summed E-state index contributed by atoms with van der Waals surface area (Å²) in [6, 6.07) is 9.05. The summed E-state index contributed by atoms with van der Waals surface area (Å²) in [4.78, 5) is 15.3. The molecule has 18 heavy (non-hydrogen) atoms. The van der Waals surface area contributed by atoms with Crippen LogP contribution in [0.2, 0.25) is 0 Å². The second-order valence-electron chi connectivity index (χ2n) is 3.68. The number of carbonyl (C=O) groups excluding carboxylic acids is 1. The van der Waals surface area contributed by atoms with E-state index in [2.05, 4.69) is 20.5 Å². The molecule has 0 saturated carbocycles. The minimum atomic E-state index is -0.768. The predicted molar refractivity (Wildman–Crippen MR) is 64.5 cm³/mol. The first-order valence-electron chi connectivity index (χ1n) is 5.36. The number of hydrogen-bond acceptors (Lipinski definition) is 5. The highest BCUT2D eigenvalue weighted by molar-refractivity contribution is 5.90. The number of H-pyrrole nitrogens is 1. The maximum atomic E-state index is 11.6. The van der Waals surface area contributed by atoms with Crippen LogP contribution in [0.4, 0.5) is 5.95 Å². The monoisotopic (exact) mass is 247 g/mol. The molecule has 1 heterocycles. The Morgan fingerprint density at radius 3 is 2.78 bits per heavy atom. The van der Waals surface area contributed by atoms with Gasteiger partial charge in [0.05, 0.1) is 6.10 Å². The lowest BCUT2D eigenvalue weighted by Crippen LogP contribution is -2.29. The number of aromatic amines is 1. The van der Waals surface area contributed by atoms with Crippen molar-refractivity contribution in [2.24, 2.45) is 0 Å². The predicted octanol–water partition coefficient (Wildman–Crippen LogP) is -0.150. The molecule has 1 unspecified atom stereocenters. The molecule has 1 aromatic heterocycles. The van der Waals surface area contributed by atoms with Crippen LogP contribution in [0, 0.1) is 0 Å². The van der Waals surface area contributed by atoms with Crippen molar-refractivity contribution in [3.05, 3.63) is 41.7 Å². The van der Waals surface area contributed by atoms with Gasteiger partial charge in [-0.15, -0.1) is 5.10 Å². The van der Waals surface area contributed by atoms with Crippen molar-refractivity contribution in [2.75, 3.05) is 12.3 Å². The molecule has 1 aromatic carbocycles. The largest absolute Gasteiger partial charge is 0.387 e. The van der Waals surface area contributed by atoms with Crippen LogP contribution in [-0.4, -0.2) is 32.7 Å². The number of nitrogens with two attached hydrogens (primary N) is 1. The summed E-state index contributed by atoms with van der Waals surface area (Å²) in [6.45, 7) is 0.0868. The van der Waals surface area contributed by atoms with E-state index in [4.69, 9.17) is 5.73 Å². The molecule has 7 heteroatoms.